The van der Waals surface area contributed by atoms with Crippen molar-refractivity contribution in [2.75, 3.05) is 32.7 Å². The normalized spacial score (nSPS) is 32.2. The summed E-state index contributed by atoms with van der Waals surface area (Å²) in [6.07, 6.45) is 7.04. The van der Waals surface area contributed by atoms with Crippen molar-refractivity contribution in [2.24, 2.45) is 5.92 Å². The van der Waals surface area contributed by atoms with Crippen molar-refractivity contribution in [1.29, 1.82) is 0 Å². The summed E-state index contributed by atoms with van der Waals surface area (Å²) in [6.45, 7) is 10.5. The molecule has 5 heteroatoms. The summed E-state index contributed by atoms with van der Waals surface area (Å²) in [5.41, 5.74) is 0.689. The fourth-order valence-corrected chi connectivity index (χ4v) is 4.64. The molecule has 0 aromatic heterocycles. The van der Waals surface area contributed by atoms with Gasteiger partial charge in [-0.3, -0.25) is 4.90 Å². The van der Waals surface area contributed by atoms with Crippen molar-refractivity contribution >= 4 is 6.03 Å². The molecule has 0 radical (unpaired) electrons. The van der Waals surface area contributed by atoms with Gasteiger partial charge in [0.2, 0.25) is 0 Å². The number of carbonyl (C=O) groups is 1. The summed E-state index contributed by atoms with van der Waals surface area (Å²) in [5.74, 6) is 0.267. The Balaban J connectivity index is 1.45. The van der Waals surface area contributed by atoms with Gasteiger partial charge in [0, 0.05) is 44.7 Å². The number of hydrogen-bond donors (Lipinski definition) is 2. The summed E-state index contributed by atoms with van der Waals surface area (Å²) in [4.78, 5) is 17.0. The lowest BCUT2D eigenvalue weighted by Crippen LogP contribution is -2.58. The van der Waals surface area contributed by atoms with Crippen molar-refractivity contribution < 1.29 is 9.90 Å². The average Bonchev–Trinajstić information content (AvgIpc) is 2.55. The minimum Gasteiger partial charge on any atom is -0.389 e. The predicted molar refractivity (Wildman–Crippen MR) is 95.9 cm³/mol. The van der Waals surface area contributed by atoms with Crippen LogP contribution < -0.4 is 5.32 Å². The highest BCUT2D eigenvalue weighted by atomic mass is 16.3. The molecule has 136 valence electrons. The van der Waals surface area contributed by atoms with Crippen LogP contribution in [0.2, 0.25) is 0 Å². The second-order valence-corrected chi connectivity index (χ2v) is 8.20. The van der Waals surface area contributed by atoms with Gasteiger partial charge < -0.3 is 15.3 Å². The molecular formula is C19H33N3O2. The quantitative estimate of drug-likeness (QED) is 0.779. The van der Waals surface area contributed by atoms with Crippen LogP contribution >= 0.6 is 0 Å². The maximum Gasteiger partial charge on any atom is 0.317 e. The number of fused-ring (bicyclic) bond motifs is 1. The molecule has 2 amide bonds. The Morgan fingerprint density at radius 2 is 1.96 bits per heavy atom. The highest BCUT2D eigenvalue weighted by Crippen LogP contribution is 2.39. The van der Waals surface area contributed by atoms with Gasteiger partial charge in [-0.1, -0.05) is 25.0 Å². The lowest BCUT2D eigenvalue weighted by Gasteiger charge is -2.47. The molecular weight excluding hydrogens is 302 g/mol. The van der Waals surface area contributed by atoms with E-state index in [2.05, 4.69) is 23.7 Å². The minimum absolute atomic E-state index is 0.0703. The molecule has 1 aliphatic carbocycles. The van der Waals surface area contributed by atoms with Gasteiger partial charge in [-0.2, -0.15) is 0 Å². The first kappa shape index (κ1) is 17.7. The lowest BCUT2D eigenvalue weighted by molar-refractivity contribution is -0.0872. The maximum atomic E-state index is 12.6. The molecule has 3 fully saturated rings. The van der Waals surface area contributed by atoms with Crippen LogP contribution in [-0.4, -0.2) is 65.3 Å². The summed E-state index contributed by atoms with van der Waals surface area (Å²) >= 11 is 0. The molecule has 2 atom stereocenters. The molecule has 0 bridgehead atoms. The first-order valence-electron chi connectivity index (χ1n) is 9.61. The van der Waals surface area contributed by atoms with Gasteiger partial charge in [-0.15, -0.1) is 0 Å². The Morgan fingerprint density at radius 1 is 1.21 bits per heavy atom. The third-order valence-electron chi connectivity index (χ3n) is 6.12. The van der Waals surface area contributed by atoms with Gasteiger partial charge in [0.05, 0.1) is 5.60 Å². The van der Waals surface area contributed by atoms with E-state index in [-0.39, 0.29) is 18.0 Å². The largest absolute Gasteiger partial charge is 0.389 e. The van der Waals surface area contributed by atoms with E-state index in [0.717, 1.165) is 64.7 Å². The van der Waals surface area contributed by atoms with Crippen LogP contribution in [0.15, 0.2) is 12.2 Å². The van der Waals surface area contributed by atoms with Gasteiger partial charge >= 0.3 is 6.03 Å². The number of rotatable bonds is 3. The summed E-state index contributed by atoms with van der Waals surface area (Å²) in [7, 11) is 0. The van der Waals surface area contributed by atoms with Crippen LogP contribution in [0.4, 0.5) is 4.79 Å². The van der Waals surface area contributed by atoms with Crippen molar-refractivity contribution in [3.63, 3.8) is 0 Å². The highest BCUT2D eigenvalue weighted by Gasteiger charge is 2.43. The molecule has 5 nitrogen and oxygen atoms in total. The van der Waals surface area contributed by atoms with Crippen molar-refractivity contribution in [1.82, 2.24) is 15.1 Å². The molecule has 3 rings (SSSR count). The number of likely N-dealkylation sites (tertiary alicyclic amines) is 2. The third-order valence-corrected chi connectivity index (χ3v) is 6.12. The number of carbonyl (C=O) groups excluding carboxylic acids is 1. The molecule has 0 aromatic carbocycles. The van der Waals surface area contributed by atoms with E-state index in [4.69, 9.17) is 0 Å². The third kappa shape index (κ3) is 4.12. The zero-order valence-corrected chi connectivity index (χ0v) is 15.1. The molecule has 1 saturated carbocycles. The molecule has 2 N–H and O–H groups in total. The Hall–Kier alpha value is -1.07. The number of nitrogens with one attached hydrogen (secondary N) is 1. The van der Waals surface area contributed by atoms with E-state index in [0.29, 0.717) is 6.54 Å². The fraction of sp³-hybridized carbons (Fsp3) is 0.842. The summed E-state index contributed by atoms with van der Waals surface area (Å²) in [6, 6.07) is 0.354. The Bertz CT molecular complexity index is 473. The second kappa shape index (κ2) is 7.44. The second-order valence-electron chi connectivity index (χ2n) is 8.20. The fourth-order valence-electron chi connectivity index (χ4n) is 4.64. The first-order valence-corrected chi connectivity index (χ1v) is 9.61. The zero-order chi connectivity index (χ0) is 17.2. The molecule has 2 aliphatic heterocycles. The van der Waals surface area contributed by atoms with E-state index >= 15 is 0 Å². The monoisotopic (exact) mass is 335 g/mol. The Kier molecular flexibility index (Phi) is 5.50. The number of hydrogen-bond acceptors (Lipinski definition) is 3. The topological polar surface area (TPSA) is 55.8 Å². The van der Waals surface area contributed by atoms with Crippen molar-refractivity contribution in [2.45, 2.75) is 63.5 Å². The van der Waals surface area contributed by atoms with Crippen molar-refractivity contribution in [3.8, 4) is 0 Å². The summed E-state index contributed by atoms with van der Waals surface area (Å²) in [5, 5.41) is 14.0. The number of amides is 2. The molecule has 0 unspecified atom stereocenters. The molecule has 0 spiro atoms. The van der Waals surface area contributed by atoms with Gasteiger partial charge in [-0.25, -0.2) is 4.79 Å². The van der Waals surface area contributed by atoms with E-state index in [9.17, 15) is 9.90 Å². The van der Waals surface area contributed by atoms with Gasteiger partial charge in [0.15, 0.2) is 0 Å². The van der Waals surface area contributed by atoms with Crippen LogP contribution in [0.25, 0.3) is 0 Å². The zero-order valence-electron chi connectivity index (χ0n) is 15.1. The van der Waals surface area contributed by atoms with Crippen molar-refractivity contribution in [3.05, 3.63) is 12.2 Å². The van der Waals surface area contributed by atoms with Crippen LogP contribution in [-0.2, 0) is 0 Å². The van der Waals surface area contributed by atoms with Gasteiger partial charge in [-0.05, 0) is 39.0 Å². The van der Waals surface area contributed by atoms with E-state index in [1.807, 2.05) is 4.90 Å². The Labute approximate surface area is 146 Å². The standard InChI is InChI=1S/C19H33N3O2/c1-15(2)13-21-10-6-17(7-11-21)20-18(23)22-12-9-19(24)8-4-3-5-16(19)14-22/h16-17,24H,1,3-14H2,2H3,(H,20,23)/t16-,19-/m1/s1. The first-order chi connectivity index (χ1) is 11.5. The highest BCUT2D eigenvalue weighted by molar-refractivity contribution is 5.74. The van der Waals surface area contributed by atoms with Gasteiger partial charge in [0.1, 0.15) is 0 Å². The van der Waals surface area contributed by atoms with E-state index in [1.54, 1.807) is 0 Å². The predicted octanol–water partition coefficient (Wildman–Crippen LogP) is 2.36. The van der Waals surface area contributed by atoms with Crippen LogP contribution in [0.1, 0.15) is 51.9 Å². The molecule has 0 aromatic rings. The van der Waals surface area contributed by atoms with Crippen LogP contribution in [0, 0.1) is 5.92 Å². The Morgan fingerprint density at radius 3 is 2.67 bits per heavy atom. The molecule has 2 saturated heterocycles. The van der Waals surface area contributed by atoms with Crippen LogP contribution in [0.3, 0.4) is 0 Å². The van der Waals surface area contributed by atoms with E-state index in [1.165, 1.54) is 12.0 Å². The summed E-state index contributed by atoms with van der Waals surface area (Å²) < 4.78 is 0. The smallest absolute Gasteiger partial charge is 0.317 e. The van der Waals surface area contributed by atoms with Gasteiger partial charge in [0.25, 0.3) is 0 Å². The molecule has 3 aliphatic rings. The van der Waals surface area contributed by atoms with E-state index < -0.39 is 5.60 Å². The minimum atomic E-state index is -0.511. The number of piperidine rings is 2. The average molecular weight is 335 g/mol. The lowest BCUT2D eigenvalue weighted by atomic mass is 9.71. The maximum absolute atomic E-state index is 12.6. The number of urea groups is 1. The number of aliphatic hydroxyl groups is 1. The molecule has 2 heterocycles. The number of nitrogens with zero attached hydrogens (tertiary/aromatic N) is 2. The molecule has 24 heavy (non-hydrogen) atoms. The van der Waals surface area contributed by atoms with Crippen LogP contribution in [0.5, 0.6) is 0 Å². The SMILES string of the molecule is C=C(C)CN1CCC(NC(=O)N2CC[C@]3(O)CCCC[C@@H]3C2)CC1.